The second-order valence-electron chi connectivity index (χ2n) is 6.32. The summed E-state index contributed by atoms with van der Waals surface area (Å²) in [6.07, 6.45) is 4.09. The van der Waals surface area contributed by atoms with E-state index in [-0.39, 0.29) is 5.91 Å². The second kappa shape index (κ2) is 9.34. The van der Waals surface area contributed by atoms with Crippen LogP contribution in [0.3, 0.4) is 0 Å². The summed E-state index contributed by atoms with van der Waals surface area (Å²) in [4.78, 5) is 16.4. The van der Waals surface area contributed by atoms with Crippen molar-refractivity contribution in [3.8, 4) is 11.3 Å². The number of nitrogens with zero attached hydrogens (tertiary/aromatic N) is 1. The lowest BCUT2D eigenvalue weighted by atomic mass is 10.2. The number of nitrogens with one attached hydrogen (secondary N) is 1. The fraction of sp³-hybridized carbons (Fsp3) is 0.333. The quantitative estimate of drug-likeness (QED) is 0.553. The number of aryl methyl sites for hydroxylation is 3. The number of thiazole rings is 1. The highest BCUT2D eigenvalue weighted by atomic mass is 32.1. The van der Waals surface area contributed by atoms with E-state index in [1.165, 1.54) is 5.01 Å². The van der Waals surface area contributed by atoms with Crippen molar-refractivity contribution in [1.82, 2.24) is 10.3 Å². The standard InChI is InChI=1S/C21H24N2O2S/c1-16-15-26-21(23-16)9-5-6-14-22-20(24)13-11-18-10-12-19(25-18)17-7-3-2-4-8-17/h2-4,7-8,10,12,15H,5-6,9,11,13-14H2,1H3,(H,22,24). The molecule has 0 aliphatic carbocycles. The lowest BCUT2D eigenvalue weighted by Gasteiger charge is -2.04. The summed E-state index contributed by atoms with van der Waals surface area (Å²) in [6, 6.07) is 13.9. The Bertz CT molecular complexity index is 823. The largest absolute Gasteiger partial charge is 0.461 e. The third-order valence-electron chi connectivity index (χ3n) is 4.12. The van der Waals surface area contributed by atoms with E-state index in [0.717, 1.165) is 48.6 Å². The Morgan fingerprint density at radius 2 is 1.96 bits per heavy atom. The smallest absolute Gasteiger partial charge is 0.220 e. The number of carbonyl (C=O) groups excluding carboxylic acids is 1. The number of amides is 1. The molecule has 2 heterocycles. The fourth-order valence-corrected chi connectivity index (χ4v) is 3.56. The SMILES string of the molecule is Cc1csc(CCCCNC(=O)CCc2ccc(-c3ccccc3)o2)n1. The van der Waals surface area contributed by atoms with Gasteiger partial charge >= 0.3 is 0 Å². The van der Waals surface area contributed by atoms with Crippen LogP contribution in [0.2, 0.25) is 0 Å². The van der Waals surface area contributed by atoms with E-state index in [1.807, 2.05) is 49.4 Å². The lowest BCUT2D eigenvalue weighted by Crippen LogP contribution is -2.24. The van der Waals surface area contributed by atoms with Gasteiger partial charge in [0.15, 0.2) is 0 Å². The number of furan rings is 1. The zero-order valence-corrected chi connectivity index (χ0v) is 15.8. The van der Waals surface area contributed by atoms with E-state index in [9.17, 15) is 4.79 Å². The van der Waals surface area contributed by atoms with Gasteiger partial charge < -0.3 is 9.73 Å². The normalized spacial score (nSPS) is 10.8. The van der Waals surface area contributed by atoms with Crippen molar-refractivity contribution in [2.45, 2.75) is 39.0 Å². The van der Waals surface area contributed by atoms with Gasteiger partial charge in [-0.15, -0.1) is 11.3 Å². The van der Waals surface area contributed by atoms with E-state index < -0.39 is 0 Å². The summed E-state index contributed by atoms with van der Waals surface area (Å²) < 4.78 is 5.83. The van der Waals surface area contributed by atoms with Crippen molar-refractivity contribution in [2.75, 3.05) is 6.54 Å². The van der Waals surface area contributed by atoms with Crippen molar-refractivity contribution >= 4 is 17.2 Å². The minimum Gasteiger partial charge on any atom is -0.461 e. The molecule has 26 heavy (non-hydrogen) atoms. The number of unbranched alkanes of at least 4 members (excludes halogenated alkanes) is 1. The van der Waals surface area contributed by atoms with Crippen LogP contribution in [0.15, 0.2) is 52.3 Å². The topological polar surface area (TPSA) is 55.1 Å². The number of carbonyl (C=O) groups is 1. The monoisotopic (exact) mass is 368 g/mol. The molecule has 0 aliphatic rings. The zero-order chi connectivity index (χ0) is 18.2. The van der Waals surface area contributed by atoms with Gasteiger partial charge in [-0.1, -0.05) is 30.3 Å². The molecule has 0 atom stereocenters. The summed E-state index contributed by atoms with van der Waals surface area (Å²) in [6.45, 7) is 2.73. The summed E-state index contributed by atoms with van der Waals surface area (Å²) in [5, 5.41) is 6.24. The average molecular weight is 369 g/mol. The third-order valence-corrected chi connectivity index (χ3v) is 5.15. The third kappa shape index (κ3) is 5.56. The molecule has 0 saturated heterocycles. The van der Waals surface area contributed by atoms with Crippen molar-refractivity contribution in [3.05, 3.63) is 64.3 Å². The van der Waals surface area contributed by atoms with Crippen LogP contribution in [0.25, 0.3) is 11.3 Å². The molecule has 0 unspecified atom stereocenters. The molecule has 1 aromatic carbocycles. The van der Waals surface area contributed by atoms with Crippen molar-refractivity contribution in [3.63, 3.8) is 0 Å². The van der Waals surface area contributed by atoms with Crippen LogP contribution < -0.4 is 5.32 Å². The molecule has 3 aromatic rings. The fourth-order valence-electron chi connectivity index (χ4n) is 2.74. The van der Waals surface area contributed by atoms with Crippen molar-refractivity contribution < 1.29 is 9.21 Å². The van der Waals surface area contributed by atoms with Crippen LogP contribution in [-0.4, -0.2) is 17.4 Å². The van der Waals surface area contributed by atoms with Crippen LogP contribution >= 0.6 is 11.3 Å². The van der Waals surface area contributed by atoms with Gasteiger partial charge in [0.25, 0.3) is 0 Å². The predicted octanol–water partition coefficient (Wildman–Crippen LogP) is 4.78. The van der Waals surface area contributed by atoms with Crippen LogP contribution in [-0.2, 0) is 17.6 Å². The Balaban J connectivity index is 1.32. The lowest BCUT2D eigenvalue weighted by molar-refractivity contribution is -0.121. The van der Waals surface area contributed by atoms with E-state index >= 15 is 0 Å². The van der Waals surface area contributed by atoms with Gasteiger partial charge in [0.05, 0.1) is 5.01 Å². The first-order valence-corrected chi connectivity index (χ1v) is 9.90. The van der Waals surface area contributed by atoms with Gasteiger partial charge in [0.1, 0.15) is 11.5 Å². The van der Waals surface area contributed by atoms with Crippen LogP contribution in [0.1, 0.15) is 35.7 Å². The zero-order valence-electron chi connectivity index (χ0n) is 15.0. The van der Waals surface area contributed by atoms with Gasteiger partial charge in [-0.05, 0) is 38.3 Å². The predicted molar refractivity (Wildman–Crippen MR) is 105 cm³/mol. The van der Waals surface area contributed by atoms with Gasteiger partial charge in [0.2, 0.25) is 5.91 Å². The Labute approximate surface area is 158 Å². The van der Waals surface area contributed by atoms with Crippen molar-refractivity contribution in [2.24, 2.45) is 0 Å². The molecule has 0 saturated carbocycles. The highest BCUT2D eigenvalue weighted by Gasteiger charge is 2.07. The van der Waals surface area contributed by atoms with Crippen molar-refractivity contribution in [1.29, 1.82) is 0 Å². The second-order valence-corrected chi connectivity index (χ2v) is 7.26. The highest BCUT2D eigenvalue weighted by molar-refractivity contribution is 7.09. The van der Waals surface area contributed by atoms with E-state index in [1.54, 1.807) is 11.3 Å². The van der Waals surface area contributed by atoms with Gasteiger partial charge in [-0.2, -0.15) is 0 Å². The Hall–Kier alpha value is -2.40. The highest BCUT2D eigenvalue weighted by Crippen LogP contribution is 2.22. The van der Waals surface area contributed by atoms with Gasteiger partial charge in [0, 0.05) is 36.0 Å². The molecule has 5 heteroatoms. The van der Waals surface area contributed by atoms with Gasteiger partial charge in [-0.25, -0.2) is 4.98 Å². The minimum atomic E-state index is 0.0766. The first-order valence-electron chi connectivity index (χ1n) is 9.02. The number of rotatable bonds is 9. The molecule has 136 valence electrons. The molecule has 0 fully saturated rings. The first-order chi connectivity index (χ1) is 12.7. The molecule has 0 spiro atoms. The molecular weight excluding hydrogens is 344 g/mol. The van der Waals surface area contributed by atoms with E-state index in [2.05, 4.69) is 15.7 Å². The van der Waals surface area contributed by atoms with E-state index in [0.29, 0.717) is 12.8 Å². The van der Waals surface area contributed by atoms with Gasteiger partial charge in [-0.3, -0.25) is 4.79 Å². The molecule has 1 amide bonds. The Kier molecular flexibility index (Phi) is 6.61. The molecule has 0 aliphatic heterocycles. The van der Waals surface area contributed by atoms with E-state index in [4.69, 9.17) is 4.42 Å². The Morgan fingerprint density at radius 3 is 2.73 bits per heavy atom. The average Bonchev–Trinajstić information content (AvgIpc) is 3.29. The number of hydrogen-bond acceptors (Lipinski definition) is 4. The number of hydrogen-bond donors (Lipinski definition) is 1. The minimum absolute atomic E-state index is 0.0766. The summed E-state index contributed by atoms with van der Waals surface area (Å²) in [7, 11) is 0. The molecule has 0 radical (unpaired) electrons. The van der Waals surface area contributed by atoms with Crippen LogP contribution in [0, 0.1) is 6.92 Å². The molecule has 1 N–H and O–H groups in total. The number of aromatic nitrogens is 1. The molecular formula is C21H24N2O2S. The maximum absolute atomic E-state index is 12.0. The first kappa shape index (κ1) is 18.4. The molecule has 4 nitrogen and oxygen atoms in total. The molecule has 0 bridgehead atoms. The summed E-state index contributed by atoms with van der Waals surface area (Å²) in [5.74, 6) is 1.77. The number of benzene rings is 1. The summed E-state index contributed by atoms with van der Waals surface area (Å²) in [5.41, 5.74) is 2.14. The van der Waals surface area contributed by atoms with Crippen LogP contribution in [0.5, 0.6) is 0 Å². The van der Waals surface area contributed by atoms with Crippen LogP contribution in [0.4, 0.5) is 0 Å². The Morgan fingerprint density at radius 1 is 1.12 bits per heavy atom. The maximum Gasteiger partial charge on any atom is 0.220 e. The maximum atomic E-state index is 12.0. The molecule has 3 rings (SSSR count). The summed E-state index contributed by atoms with van der Waals surface area (Å²) >= 11 is 1.71. The molecule has 2 aromatic heterocycles.